The third-order valence-electron chi connectivity index (χ3n) is 3.23. The van der Waals surface area contributed by atoms with Crippen molar-refractivity contribution in [2.24, 2.45) is 0 Å². The van der Waals surface area contributed by atoms with E-state index in [0.717, 1.165) is 15.6 Å². The van der Waals surface area contributed by atoms with Gasteiger partial charge in [-0.15, -0.1) is 0 Å². The van der Waals surface area contributed by atoms with E-state index in [-0.39, 0.29) is 11.9 Å². The fourth-order valence-corrected chi connectivity index (χ4v) is 2.28. The van der Waals surface area contributed by atoms with Gasteiger partial charge in [-0.2, -0.15) is 0 Å². The number of carbonyl (C=O) groups is 1. The Hall–Kier alpha value is -1.61. The van der Waals surface area contributed by atoms with Crippen LogP contribution in [0.25, 0.3) is 0 Å². The molecule has 1 atom stereocenters. The van der Waals surface area contributed by atoms with E-state index in [1.807, 2.05) is 62.4 Å². The van der Waals surface area contributed by atoms with Crippen LogP contribution in [0.1, 0.15) is 29.7 Å². The largest absolute Gasteiger partial charge is 0.349 e. The van der Waals surface area contributed by atoms with Gasteiger partial charge in [-0.1, -0.05) is 57.9 Å². The molecule has 1 N–H and O–H groups in total. The SMILES string of the molecule is Cc1ccc(CC(=O)N[C@H](C)c2ccc(Br)cc2)cc1. The van der Waals surface area contributed by atoms with Gasteiger partial charge in [0.2, 0.25) is 5.91 Å². The van der Waals surface area contributed by atoms with Crippen LogP contribution < -0.4 is 5.32 Å². The molecule has 104 valence electrons. The summed E-state index contributed by atoms with van der Waals surface area (Å²) in [6.07, 6.45) is 0.418. The van der Waals surface area contributed by atoms with Crippen LogP contribution >= 0.6 is 15.9 Å². The van der Waals surface area contributed by atoms with Gasteiger partial charge >= 0.3 is 0 Å². The highest BCUT2D eigenvalue weighted by Gasteiger charge is 2.09. The van der Waals surface area contributed by atoms with Crippen LogP contribution in [0.5, 0.6) is 0 Å². The number of amides is 1. The monoisotopic (exact) mass is 331 g/mol. The molecule has 2 nitrogen and oxygen atoms in total. The number of rotatable bonds is 4. The van der Waals surface area contributed by atoms with Crippen molar-refractivity contribution in [1.82, 2.24) is 5.32 Å². The molecule has 0 aliphatic heterocycles. The Labute approximate surface area is 128 Å². The summed E-state index contributed by atoms with van der Waals surface area (Å²) in [5.74, 6) is 0.0456. The Bertz CT molecular complexity index is 575. The van der Waals surface area contributed by atoms with Crippen molar-refractivity contribution in [2.45, 2.75) is 26.3 Å². The Kier molecular flexibility index (Phi) is 4.96. The van der Waals surface area contributed by atoms with E-state index in [0.29, 0.717) is 6.42 Å². The number of nitrogens with one attached hydrogen (secondary N) is 1. The minimum absolute atomic E-state index is 0.0149. The molecule has 2 aromatic carbocycles. The summed E-state index contributed by atoms with van der Waals surface area (Å²) in [6, 6.07) is 16.1. The zero-order chi connectivity index (χ0) is 14.5. The van der Waals surface area contributed by atoms with Gasteiger partial charge in [0.05, 0.1) is 12.5 Å². The molecular formula is C17H18BrNO. The van der Waals surface area contributed by atoms with Gasteiger partial charge in [0, 0.05) is 4.47 Å². The molecule has 0 saturated heterocycles. The third-order valence-corrected chi connectivity index (χ3v) is 3.76. The first-order chi connectivity index (χ1) is 9.54. The molecule has 0 aliphatic rings. The molecule has 0 fully saturated rings. The molecule has 1 amide bonds. The van der Waals surface area contributed by atoms with E-state index < -0.39 is 0 Å². The highest BCUT2D eigenvalue weighted by Crippen LogP contribution is 2.16. The van der Waals surface area contributed by atoms with Crippen LogP contribution in [0.3, 0.4) is 0 Å². The molecule has 2 rings (SSSR count). The molecule has 0 heterocycles. The number of carbonyl (C=O) groups excluding carboxylic acids is 1. The zero-order valence-electron chi connectivity index (χ0n) is 11.7. The van der Waals surface area contributed by atoms with E-state index in [1.165, 1.54) is 5.56 Å². The summed E-state index contributed by atoms with van der Waals surface area (Å²) < 4.78 is 1.04. The van der Waals surface area contributed by atoms with Crippen molar-refractivity contribution < 1.29 is 4.79 Å². The maximum absolute atomic E-state index is 12.0. The molecular weight excluding hydrogens is 314 g/mol. The number of hydrogen-bond donors (Lipinski definition) is 1. The van der Waals surface area contributed by atoms with Gasteiger partial charge in [-0.25, -0.2) is 0 Å². The molecule has 0 aromatic heterocycles. The Morgan fingerprint density at radius 3 is 2.30 bits per heavy atom. The molecule has 3 heteroatoms. The van der Waals surface area contributed by atoms with Crippen LogP contribution in [0.15, 0.2) is 53.0 Å². The number of benzene rings is 2. The summed E-state index contributed by atoms with van der Waals surface area (Å²) in [7, 11) is 0. The van der Waals surface area contributed by atoms with Crippen LogP contribution in [-0.4, -0.2) is 5.91 Å². The lowest BCUT2D eigenvalue weighted by molar-refractivity contribution is -0.121. The van der Waals surface area contributed by atoms with E-state index in [9.17, 15) is 4.79 Å². The predicted molar refractivity (Wildman–Crippen MR) is 85.6 cm³/mol. The Balaban J connectivity index is 1.93. The normalized spacial score (nSPS) is 11.9. The highest BCUT2D eigenvalue weighted by atomic mass is 79.9. The maximum Gasteiger partial charge on any atom is 0.224 e. The molecule has 0 radical (unpaired) electrons. The van der Waals surface area contributed by atoms with Crippen molar-refractivity contribution in [3.63, 3.8) is 0 Å². The van der Waals surface area contributed by atoms with Gasteiger partial charge in [-0.3, -0.25) is 4.79 Å². The number of hydrogen-bond acceptors (Lipinski definition) is 1. The summed E-state index contributed by atoms with van der Waals surface area (Å²) in [4.78, 5) is 12.0. The fourth-order valence-electron chi connectivity index (χ4n) is 2.02. The van der Waals surface area contributed by atoms with E-state index in [2.05, 4.69) is 21.2 Å². The van der Waals surface area contributed by atoms with Crippen molar-refractivity contribution >= 4 is 21.8 Å². The molecule has 0 bridgehead atoms. The fraction of sp³-hybridized carbons (Fsp3) is 0.235. The van der Waals surface area contributed by atoms with Crippen molar-refractivity contribution in [2.75, 3.05) is 0 Å². The van der Waals surface area contributed by atoms with Crippen molar-refractivity contribution in [3.05, 3.63) is 69.7 Å². The minimum Gasteiger partial charge on any atom is -0.349 e. The van der Waals surface area contributed by atoms with Crippen molar-refractivity contribution in [3.8, 4) is 0 Å². The lowest BCUT2D eigenvalue weighted by Crippen LogP contribution is -2.28. The van der Waals surface area contributed by atoms with Crippen LogP contribution in [0, 0.1) is 6.92 Å². The van der Waals surface area contributed by atoms with Gasteiger partial charge in [0.25, 0.3) is 0 Å². The minimum atomic E-state index is 0.0149. The summed E-state index contributed by atoms with van der Waals surface area (Å²) >= 11 is 3.41. The summed E-state index contributed by atoms with van der Waals surface area (Å²) in [6.45, 7) is 4.04. The lowest BCUT2D eigenvalue weighted by atomic mass is 10.1. The second-order valence-corrected chi connectivity index (χ2v) is 5.92. The Morgan fingerprint density at radius 2 is 1.70 bits per heavy atom. The summed E-state index contributed by atoms with van der Waals surface area (Å²) in [5, 5.41) is 3.02. The number of halogens is 1. The molecule has 0 saturated carbocycles. The van der Waals surface area contributed by atoms with Gasteiger partial charge < -0.3 is 5.32 Å². The maximum atomic E-state index is 12.0. The molecule has 0 unspecified atom stereocenters. The molecule has 20 heavy (non-hydrogen) atoms. The predicted octanol–water partition coefficient (Wildman–Crippen LogP) is 4.18. The first-order valence-corrected chi connectivity index (χ1v) is 7.44. The lowest BCUT2D eigenvalue weighted by Gasteiger charge is -2.14. The highest BCUT2D eigenvalue weighted by molar-refractivity contribution is 9.10. The van der Waals surface area contributed by atoms with Crippen molar-refractivity contribution in [1.29, 1.82) is 0 Å². The number of aryl methyl sites for hydroxylation is 1. The van der Waals surface area contributed by atoms with E-state index in [1.54, 1.807) is 0 Å². The average molecular weight is 332 g/mol. The standard InChI is InChI=1S/C17H18BrNO/c1-12-3-5-14(6-4-12)11-17(20)19-13(2)15-7-9-16(18)10-8-15/h3-10,13H,11H2,1-2H3,(H,19,20)/t13-/m1/s1. The molecule has 0 spiro atoms. The van der Waals surface area contributed by atoms with Crippen LogP contribution in [-0.2, 0) is 11.2 Å². The first kappa shape index (κ1) is 14.8. The molecule has 2 aromatic rings. The van der Waals surface area contributed by atoms with Crippen LogP contribution in [0.4, 0.5) is 0 Å². The quantitative estimate of drug-likeness (QED) is 0.894. The smallest absolute Gasteiger partial charge is 0.224 e. The average Bonchev–Trinajstić information content (AvgIpc) is 2.42. The third kappa shape index (κ3) is 4.20. The zero-order valence-corrected chi connectivity index (χ0v) is 13.3. The first-order valence-electron chi connectivity index (χ1n) is 6.65. The van der Waals surface area contributed by atoms with Gasteiger partial charge in [0.1, 0.15) is 0 Å². The van der Waals surface area contributed by atoms with E-state index >= 15 is 0 Å². The second-order valence-electron chi connectivity index (χ2n) is 5.00. The topological polar surface area (TPSA) is 29.1 Å². The van der Waals surface area contributed by atoms with E-state index in [4.69, 9.17) is 0 Å². The second kappa shape index (κ2) is 6.71. The molecule has 0 aliphatic carbocycles. The van der Waals surface area contributed by atoms with Gasteiger partial charge in [0.15, 0.2) is 0 Å². The Morgan fingerprint density at radius 1 is 1.10 bits per heavy atom. The van der Waals surface area contributed by atoms with Crippen LogP contribution in [0.2, 0.25) is 0 Å². The summed E-state index contributed by atoms with van der Waals surface area (Å²) in [5.41, 5.74) is 3.35. The van der Waals surface area contributed by atoms with Gasteiger partial charge in [-0.05, 0) is 37.1 Å².